The maximum Gasteiger partial charge on any atom is 0.254 e. The van der Waals surface area contributed by atoms with Gasteiger partial charge in [0, 0.05) is 50.2 Å². The largest absolute Gasteiger partial charge is 0.352 e. The SMILES string of the molecule is Cc1nccn1-c1ccc(N2CCN(C(=O)Cn3cnc(-c4ccccc4)cc3=O)CC2)nn1. The zero-order valence-corrected chi connectivity index (χ0v) is 18.8. The van der Waals surface area contributed by atoms with Crippen LogP contribution in [0.1, 0.15) is 5.82 Å². The molecular formula is C24H24N8O2. The van der Waals surface area contributed by atoms with Gasteiger partial charge in [-0.2, -0.15) is 0 Å². The summed E-state index contributed by atoms with van der Waals surface area (Å²) in [6.07, 6.45) is 5.01. The van der Waals surface area contributed by atoms with Gasteiger partial charge in [-0.25, -0.2) is 9.97 Å². The number of aryl methyl sites for hydroxylation is 1. The first kappa shape index (κ1) is 21.5. The number of carbonyl (C=O) groups excluding carboxylic acids is 1. The van der Waals surface area contributed by atoms with Gasteiger partial charge in [-0.1, -0.05) is 30.3 Å². The van der Waals surface area contributed by atoms with E-state index in [2.05, 4.69) is 25.1 Å². The summed E-state index contributed by atoms with van der Waals surface area (Å²) in [5, 5.41) is 8.66. The standard InChI is InChI=1S/C24H24N8O2/c1-18-25-9-10-32(18)22-8-7-21(27-28-22)29-11-13-30(14-12-29)24(34)16-31-17-26-20(15-23(31)33)19-5-3-2-4-6-19/h2-10,15,17H,11-14,16H2,1H3. The average molecular weight is 457 g/mol. The lowest BCUT2D eigenvalue weighted by atomic mass is 10.1. The summed E-state index contributed by atoms with van der Waals surface area (Å²) in [5.41, 5.74) is 1.22. The van der Waals surface area contributed by atoms with Crippen LogP contribution in [0, 0.1) is 6.92 Å². The first-order valence-electron chi connectivity index (χ1n) is 11.1. The maximum absolute atomic E-state index is 12.8. The number of nitrogens with zero attached hydrogens (tertiary/aromatic N) is 8. The summed E-state index contributed by atoms with van der Waals surface area (Å²) in [5.74, 6) is 2.22. The van der Waals surface area contributed by atoms with Crippen molar-refractivity contribution in [1.29, 1.82) is 0 Å². The molecule has 0 atom stereocenters. The molecule has 0 N–H and O–H groups in total. The monoisotopic (exact) mass is 456 g/mol. The molecule has 0 aliphatic carbocycles. The van der Waals surface area contributed by atoms with Gasteiger partial charge in [0.25, 0.3) is 5.56 Å². The van der Waals surface area contributed by atoms with Gasteiger partial charge < -0.3 is 9.80 Å². The van der Waals surface area contributed by atoms with Crippen LogP contribution in [0.4, 0.5) is 5.82 Å². The Morgan fingerprint density at radius 3 is 2.32 bits per heavy atom. The van der Waals surface area contributed by atoms with Crippen molar-refractivity contribution in [3.05, 3.63) is 83.4 Å². The Balaban J connectivity index is 1.19. The van der Waals surface area contributed by atoms with Crippen LogP contribution in [0.3, 0.4) is 0 Å². The van der Waals surface area contributed by atoms with E-state index in [1.54, 1.807) is 11.1 Å². The minimum Gasteiger partial charge on any atom is -0.352 e. The number of benzene rings is 1. The van der Waals surface area contributed by atoms with E-state index >= 15 is 0 Å². The second kappa shape index (κ2) is 9.26. The Morgan fingerprint density at radius 2 is 1.68 bits per heavy atom. The molecule has 1 amide bonds. The number of piperazine rings is 1. The van der Waals surface area contributed by atoms with Crippen LogP contribution in [0.5, 0.6) is 0 Å². The lowest BCUT2D eigenvalue weighted by Crippen LogP contribution is -2.50. The zero-order chi connectivity index (χ0) is 23.5. The summed E-state index contributed by atoms with van der Waals surface area (Å²) in [6, 6.07) is 14.8. The number of anilines is 1. The van der Waals surface area contributed by atoms with Crippen LogP contribution in [0.15, 0.2) is 72.0 Å². The molecule has 1 saturated heterocycles. The summed E-state index contributed by atoms with van der Waals surface area (Å²) in [4.78, 5) is 37.8. The summed E-state index contributed by atoms with van der Waals surface area (Å²) in [7, 11) is 0. The first-order chi connectivity index (χ1) is 16.6. The highest BCUT2D eigenvalue weighted by molar-refractivity contribution is 5.76. The Bertz CT molecular complexity index is 1340. The molecule has 1 aromatic carbocycles. The molecule has 172 valence electrons. The van der Waals surface area contributed by atoms with Crippen LogP contribution in [0.2, 0.25) is 0 Å². The van der Waals surface area contributed by atoms with E-state index in [-0.39, 0.29) is 18.0 Å². The van der Waals surface area contributed by atoms with E-state index in [4.69, 9.17) is 0 Å². The van der Waals surface area contributed by atoms with Crippen molar-refractivity contribution >= 4 is 11.7 Å². The fourth-order valence-corrected chi connectivity index (χ4v) is 3.98. The molecule has 10 nitrogen and oxygen atoms in total. The van der Waals surface area contributed by atoms with Crippen LogP contribution in [-0.2, 0) is 11.3 Å². The Morgan fingerprint density at radius 1 is 0.941 bits per heavy atom. The minimum absolute atomic E-state index is 0.0281. The lowest BCUT2D eigenvalue weighted by Gasteiger charge is -2.35. The van der Waals surface area contributed by atoms with Crippen LogP contribution < -0.4 is 10.5 Å². The van der Waals surface area contributed by atoms with Crippen molar-refractivity contribution in [1.82, 2.24) is 34.2 Å². The molecule has 1 fully saturated rings. The molecule has 4 heterocycles. The third-order valence-corrected chi connectivity index (χ3v) is 5.92. The fraction of sp³-hybridized carbons (Fsp3) is 0.250. The molecule has 34 heavy (non-hydrogen) atoms. The van der Waals surface area contributed by atoms with Gasteiger partial charge >= 0.3 is 0 Å². The highest BCUT2D eigenvalue weighted by Crippen LogP contribution is 2.16. The number of carbonyl (C=O) groups is 1. The van der Waals surface area contributed by atoms with E-state index in [0.717, 1.165) is 17.2 Å². The van der Waals surface area contributed by atoms with Gasteiger partial charge in [0.05, 0.1) is 12.0 Å². The summed E-state index contributed by atoms with van der Waals surface area (Å²) in [6.45, 7) is 4.27. The predicted octanol–water partition coefficient (Wildman–Crippen LogP) is 1.54. The molecule has 0 unspecified atom stereocenters. The van der Waals surface area contributed by atoms with Gasteiger partial charge in [0.15, 0.2) is 11.6 Å². The Kier molecular flexibility index (Phi) is 5.86. The van der Waals surface area contributed by atoms with Gasteiger partial charge in [0.1, 0.15) is 12.4 Å². The normalized spacial score (nSPS) is 13.8. The molecule has 4 aromatic rings. The third kappa shape index (κ3) is 4.42. The van der Waals surface area contributed by atoms with E-state index in [1.165, 1.54) is 17.0 Å². The molecule has 1 aliphatic rings. The predicted molar refractivity (Wildman–Crippen MR) is 127 cm³/mol. The van der Waals surface area contributed by atoms with Gasteiger partial charge in [-0.05, 0) is 19.1 Å². The van der Waals surface area contributed by atoms with Crippen molar-refractivity contribution in [3.63, 3.8) is 0 Å². The molecule has 3 aromatic heterocycles. The van der Waals surface area contributed by atoms with E-state index < -0.39 is 0 Å². The highest BCUT2D eigenvalue weighted by atomic mass is 16.2. The van der Waals surface area contributed by atoms with Crippen LogP contribution in [0.25, 0.3) is 17.1 Å². The van der Waals surface area contributed by atoms with Gasteiger partial charge in [0.2, 0.25) is 5.91 Å². The molecule has 1 aliphatic heterocycles. The molecule has 0 bridgehead atoms. The second-order valence-corrected chi connectivity index (χ2v) is 8.07. The Hall–Kier alpha value is -4.34. The zero-order valence-electron chi connectivity index (χ0n) is 18.8. The number of rotatable bonds is 5. The number of amides is 1. The number of hydrogen-bond donors (Lipinski definition) is 0. The maximum atomic E-state index is 12.8. The molecule has 0 radical (unpaired) electrons. The van der Waals surface area contributed by atoms with Crippen molar-refractivity contribution < 1.29 is 4.79 Å². The number of aromatic nitrogens is 6. The molecule has 5 rings (SSSR count). The van der Waals surface area contributed by atoms with Gasteiger partial charge in [-0.3, -0.25) is 18.7 Å². The quantitative estimate of drug-likeness (QED) is 0.449. The average Bonchev–Trinajstić information content (AvgIpc) is 3.31. The minimum atomic E-state index is -0.246. The van der Waals surface area contributed by atoms with Crippen LogP contribution >= 0.6 is 0 Å². The molecule has 10 heteroatoms. The molecule has 0 saturated carbocycles. The van der Waals surface area contributed by atoms with Crippen molar-refractivity contribution in [2.24, 2.45) is 0 Å². The lowest BCUT2D eigenvalue weighted by molar-refractivity contribution is -0.132. The summed E-state index contributed by atoms with van der Waals surface area (Å²) < 4.78 is 3.22. The van der Waals surface area contributed by atoms with E-state index in [0.29, 0.717) is 37.7 Å². The summed E-state index contributed by atoms with van der Waals surface area (Å²) >= 11 is 0. The molecule has 0 spiro atoms. The van der Waals surface area contributed by atoms with E-state index in [1.807, 2.05) is 60.2 Å². The first-order valence-corrected chi connectivity index (χ1v) is 11.1. The van der Waals surface area contributed by atoms with Crippen molar-refractivity contribution in [2.75, 3.05) is 31.1 Å². The highest BCUT2D eigenvalue weighted by Gasteiger charge is 2.23. The van der Waals surface area contributed by atoms with E-state index in [9.17, 15) is 9.59 Å². The van der Waals surface area contributed by atoms with Crippen molar-refractivity contribution in [2.45, 2.75) is 13.5 Å². The Labute approximate surface area is 196 Å². The third-order valence-electron chi connectivity index (χ3n) is 5.92. The number of imidazole rings is 1. The van der Waals surface area contributed by atoms with Crippen molar-refractivity contribution in [3.8, 4) is 17.1 Å². The molecular weight excluding hydrogens is 432 g/mol. The van der Waals surface area contributed by atoms with Gasteiger partial charge in [-0.15, -0.1) is 10.2 Å². The topological polar surface area (TPSA) is 102 Å². The van der Waals surface area contributed by atoms with Crippen LogP contribution in [-0.4, -0.2) is 66.3 Å². The fourth-order valence-electron chi connectivity index (χ4n) is 3.98. The smallest absolute Gasteiger partial charge is 0.254 e. The number of hydrogen-bond acceptors (Lipinski definition) is 7. The second-order valence-electron chi connectivity index (χ2n) is 8.07.